The minimum absolute atomic E-state index is 0.000950. The molecule has 0 radical (unpaired) electrons. The van der Waals surface area contributed by atoms with Crippen LogP contribution in [0.3, 0.4) is 0 Å². The van der Waals surface area contributed by atoms with Crippen LogP contribution in [0.15, 0.2) is 24.5 Å². The molecule has 1 heterocycles. The van der Waals surface area contributed by atoms with Crippen molar-refractivity contribution in [3.05, 3.63) is 41.7 Å². The van der Waals surface area contributed by atoms with Crippen LogP contribution in [-0.4, -0.2) is 29.0 Å². The first-order valence-electron chi connectivity index (χ1n) is 9.37. The topological polar surface area (TPSA) is 73.3 Å². The average Bonchev–Trinajstić information content (AvgIpc) is 2.62. The lowest BCUT2D eigenvalue weighted by atomic mass is 10.2. The number of hydrogen-bond acceptors (Lipinski definition) is 5. The van der Waals surface area contributed by atoms with E-state index in [0.29, 0.717) is 0 Å². The third-order valence-electron chi connectivity index (χ3n) is 4.93. The largest absolute Gasteiger partial charge is 0.434 e. The summed E-state index contributed by atoms with van der Waals surface area (Å²) in [5.74, 6) is -1.82. The molecule has 0 fully saturated rings. The Morgan fingerprint density at radius 1 is 1.23 bits per heavy atom. The minimum atomic E-state index is -2.14. The van der Waals surface area contributed by atoms with Gasteiger partial charge in [-0.15, -0.1) is 0 Å². The first-order valence-corrected chi connectivity index (χ1v) is 13.2. The lowest BCUT2D eigenvalue weighted by molar-refractivity contribution is -0.115. The lowest BCUT2D eigenvalue weighted by Gasteiger charge is -2.36. The molecule has 1 aromatic heterocycles. The summed E-state index contributed by atoms with van der Waals surface area (Å²) in [5.41, 5.74) is 0.240. The van der Waals surface area contributed by atoms with Crippen molar-refractivity contribution < 1.29 is 22.7 Å². The average molecular weight is 502 g/mol. The molecule has 1 aromatic carbocycles. The van der Waals surface area contributed by atoms with Gasteiger partial charge in [0.1, 0.15) is 5.82 Å². The normalized spacial score (nSPS) is 13.1. The van der Waals surface area contributed by atoms with Gasteiger partial charge in [0.15, 0.2) is 25.7 Å². The highest BCUT2D eigenvalue weighted by Gasteiger charge is 2.37. The van der Waals surface area contributed by atoms with Crippen molar-refractivity contribution in [3.63, 3.8) is 0 Å². The first kappa shape index (κ1) is 24.4. The van der Waals surface area contributed by atoms with Crippen molar-refractivity contribution in [1.29, 1.82) is 0 Å². The number of aromatic nitrogens is 2. The molecule has 2 rings (SSSR count). The Kier molecular flexibility index (Phi) is 7.70. The number of carbonyl (C=O) groups is 1. The van der Waals surface area contributed by atoms with E-state index in [1.54, 1.807) is 6.92 Å². The number of rotatable bonds is 7. The Morgan fingerprint density at radius 2 is 1.90 bits per heavy atom. The standard InChI is InChI=1S/C20H26BrF2N3O3Si/c1-12(21)19(27)26-16-9-25-17(10-24-16)29-18-13(7-14(22)8-15(18)23)11-28-30(5,6)20(2,3)4/h7-10,12H,11H2,1-6H3,(H,24,26,27). The van der Waals surface area contributed by atoms with Gasteiger partial charge in [0.05, 0.1) is 23.8 Å². The van der Waals surface area contributed by atoms with E-state index in [1.807, 2.05) is 0 Å². The van der Waals surface area contributed by atoms with Crippen molar-refractivity contribution >= 4 is 36.0 Å². The summed E-state index contributed by atoms with van der Waals surface area (Å²) in [6.45, 7) is 12.0. The summed E-state index contributed by atoms with van der Waals surface area (Å²) < 4.78 is 39.9. The van der Waals surface area contributed by atoms with Crippen LogP contribution in [0.25, 0.3) is 0 Å². The molecule has 0 spiro atoms. The fraction of sp³-hybridized carbons (Fsp3) is 0.450. The molecule has 2 aromatic rings. The zero-order chi connectivity index (χ0) is 22.7. The molecule has 1 amide bonds. The highest BCUT2D eigenvalue weighted by Crippen LogP contribution is 2.38. The smallest absolute Gasteiger partial charge is 0.239 e. The molecule has 1 unspecified atom stereocenters. The number of nitrogens with zero attached hydrogens (tertiary/aromatic N) is 2. The van der Waals surface area contributed by atoms with Crippen LogP contribution in [0.2, 0.25) is 18.1 Å². The van der Waals surface area contributed by atoms with Crippen LogP contribution in [0.4, 0.5) is 14.6 Å². The van der Waals surface area contributed by atoms with Crippen LogP contribution >= 0.6 is 15.9 Å². The Hall–Kier alpha value is -1.91. The molecule has 30 heavy (non-hydrogen) atoms. The fourth-order valence-electron chi connectivity index (χ4n) is 2.07. The van der Waals surface area contributed by atoms with Crippen molar-refractivity contribution in [3.8, 4) is 11.6 Å². The summed E-state index contributed by atoms with van der Waals surface area (Å²) in [4.78, 5) is 19.3. The molecule has 0 bridgehead atoms. The number of amides is 1. The quantitative estimate of drug-likeness (QED) is 0.383. The second-order valence-corrected chi connectivity index (χ2v) is 14.6. The summed E-state index contributed by atoms with van der Waals surface area (Å²) in [7, 11) is -2.14. The third kappa shape index (κ3) is 6.29. The SMILES string of the molecule is CC(Br)C(=O)Nc1cnc(Oc2c(F)cc(F)cc2CO[Si](C)(C)C(C)(C)C)cn1. The van der Waals surface area contributed by atoms with Gasteiger partial charge in [-0.2, -0.15) is 0 Å². The van der Waals surface area contributed by atoms with E-state index in [2.05, 4.69) is 65.1 Å². The Bertz CT molecular complexity index is 903. The molecule has 0 saturated heterocycles. The predicted octanol–water partition coefficient (Wildman–Crippen LogP) is 5.79. The van der Waals surface area contributed by atoms with E-state index in [1.165, 1.54) is 18.5 Å². The van der Waals surface area contributed by atoms with Gasteiger partial charge in [-0.25, -0.2) is 18.7 Å². The van der Waals surface area contributed by atoms with E-state index >= 15 is 0 Å². The van der Waals surface area contributed by atoms with Gasteiger partial charge in [-0.05, 0) is 31.1 Å². The zero-order valence-corrected chi connectivity index (χ0v) is 20.4. The second-order valence-electron chi connectivity index (χ2n) is 8.37. The van der Waals surface area contributed by atoms with E-state index in [0.717, 1.165) is 6.07 Å². The molecule has 1 atom stereocenters. The molecule has 164 valence electrons. The van der Waals surface area contributed by atoms with Crippen LogP contribution in [0, 0.1) is 11.6 Å². The van der Waals surface area contributed by atoms with Crippen molar-refractivity contribution in [2.45, 2.75) is 57.3 Å². The number of alkyl halides is 1. The molecular formula is C20H26BrF2N3O3Si. The molecule has 0 aliphatic carbocycles. The second kappa shape index (κ2) is 9.48. The summed E-state index contributed by atoms with van der Waals surface area (Å²) >= 11 is 3.15. The lowest BCUT2D eigenvalue weighted by Crippen LogP contribution is -2.40. The Labute approximate surface area is 184 Å². The van der Waals surface area contributed by atoms with Crippen LogP contribution in [0.5, 0.6) is 11.6 Å². The van der Waals surface area contributed by atoms with Crippen LogP contribution in [-0.2, 0) is 15.8 Å². The highest BCUT2D eigenvalue weighted by molar-refractivity contribution is 9.10. The highest BCUT2D eigenvalue weighted by atomic mass is 79.9. The number of carbonyl (C=O) groups excluding carboxylic acids is 1. The number of halogens is 3. The van der Waals surface area contributed by atoms with Gasteiger partial charge in [0.2, 0.25) is 11.8 Å². The molecule has 0 aliphatic heterocycles. The number of hydrogen-bond donors (Lipinski definition) is 1. The maximum absolute atomic E-state index is 14.5. The van der Waals surface area contributed by atoms with Crippen molar-refractivity contribution in [2.75, 3.05) is 5.32 Å². The van der Waals surface area contributed by atoms with E-state index in [-0.39, 0.29) is 40.6 Å². The summed E-state index contributed by atoms with van der Waals surface area (Å²) in [5, 5.41) is 2.50. The van der Waals surface area contributed by atoms with Gasteiger partial charge in [-0.1, -0.05) is 36.7 Å². The van der Waals surface area contributed by atoms with E-state index in [4.69, 9.17) is 9.16 Å². The van der Waals surface area contributed by atoms with Crippen LogP contribution < -0.4 is 10.1 Å². The Morgan fingerprint density at radius 3 is 2.43 bits per heavy atom. The molecule has 0 saturated carbocycles. The molecule has 10 heteroatoms. The monoisotopic (exact) mass is 501 g/mol. The predicted molar refractivity (Wildman–Crippen MR) is 117 cm³/mol. The van der Waals surface area contributed by atoms with Crippen LogP contribution in [0.1, 0.15) is 33.3 Å². The summed E-state index contributed by atoms with van der Waals surface area (Å²) in [6, 6.07) is 1.93. The number of benzene rings is 1. The number of nitrogens with one attached hydrogen (secondary N) is 1. The molecule has 1 N–H and O–H groups in total. The number of ether oxygens (including phenoxy) is 1. The van der Waals surface area contributed by atoms with Crippen molar-refractivity contribution in [2.24, 2.45) is 0 Å². The van der Waals surface area contributed by atoms with Crippen molar-refractivity contribution in [1.82, 2.24) is 9.97 Å². The van der Waals surface area contributed by atoms with E-state index < -0.39 is 24.8 Å². The fourth-order valence-corrected chi connectivity index (χ4v) is 3.14. The first-order chi connectivity index (χ1) is 13.8. The van der Waals surface area contributed by atoms with Gasteiger partial charge < -0.3 is 14.5 Å². The van der Waals surface area contributed by atoms with Gasteiger partial charge >= 0.3 is 0 Å². The minimum Gasteiger partial charge on any atom is -0.434 e. The van der Waals surface area contributed by atoms with Gasteiger partial charge in [0.25, 0.3) is 0 Å². The molecular weight excluding hydrogens is 476 g/mol. The van der Waals surface area contributed by atoms with Gasteiger partial charge in [0, 0.05) is 11.6 Å². The summed E-state index contributed by atoms with van der Waals surface area (Å²) in [6.07, 6.45) is 2.53. The third-order valence-corrected chi connectivity index (χ3v) is 9.82. The zero-order valence-electron chi connectivity index (χ0n) is 17.8. The number of anilines is 1. The maximum Gasteiger partial charge on any atom is 0.239 e. The molecule has 6 nitrogen and oxygen atoms in total. The van der Waals surface area contributed by atoms with E-state index in [9.17, 15) is 13.6 Å². The Balaban J connectivity index is 2.22. The van der Waals surface area contributed by atoms with Gasteiger partial charge in [-0.3, -0.25) is 4.79 Å². The molecule has 0 aliphatic rings. The maximum atomic E-state index is 14.5.